The molecule has 0 bridgehead atoms. The molecule has 0 saturated heterocycles. The summed E-state index contributed by atoms with van der Waals surface area (Å²) >= 11 is 3.04. The number of thiazole rings is 1. The molecule has 0 radical (unpaired) electrons. The fourth-order valence-corrected chi connectivity index (χ4v) is 1.93. The van der Waals surface area contributed by atoms with E-state index in [2.05, 4.69) is 25.6 Å². The highest BCUT2D eigenvalue weighted by Gasteiger charge is 2.04. The van der Waals surface area contributed by atoms with Crippen LogP contribution in [0.5, 0.6) is 0 Å². The van der Waals surface area contributed by atoms with Crippen LogP contribution in [0.25, 0.3) is 10.5 Å². The van der Waals surface area contributed by atoms with Gasteiger partial charge in [0.1, 0.15) is 0 Å². The molecule has 0 N–H and O–H groups in total. The summed E-state index contributed by atoms with van der Waals surface area (Å²) in [6.07, 6.45) is 1.96. The van der Waals surface area contributed by atoms with E-state index in [1.165, 1.54) is 11.3 Å². The lowest BCUT2D eigenvalue weighted by atomic mass is 10.8. The average Bonchev–Trinajstić information content (AvgIpc) is 2.46. The number of rotatable bonds is 1. The van der Waals surface area contributed by atoms with E-state index in [1.54, 1.807) is 11.8 Å². The van der Waals surface area contributed by atoms with Crippen LogP contribution < -0.4 is 0 Å². The Morgan fingerprint density at radius 3 is 2.82 bits per heavy atom. The van der Waals surface area contributed by atoms with Crippen molar-refractivity contribution in [3.8, 4) is 0 Å². The van der Waals surface area contributed by atoms with E-state index in [0.29, 0.717) is 5.65 Å². The lowest BCUT2D eigenvalue weighted by molar-refractivity contribution is 0.794. The molecule has 2 aromatic heterocycles. The van der Waals surface area contributed by atoms with Crippen LogP contribution in [0.15, 0.2) is 4.34 Å². The molecule has 0 aromatic carbocycles. The minimum absolute atomic E-state index is 0.578. The highest BCUT2D eigenvalue weighted by Crippen LogP contribution is 2.23. The molecular formula is C4H3N5S2. The Labute approximate surface area is 70.2 Å². The van der Waals surface area contributed by atoms with Crippen molar-refractivity contribution in [3.63, 3.8) is 0 Å². The minimum atomic E-state index is 0.578. The second-order valence-corrected chi connectivity index (χ2v) is 3.72. The zero-order chi connectivity index (χ0) is 7.68. The third-order valence-corrected chi connectivity index (χ3v) is 2.98. The first-order chi connectivity index (χ1) is 5.40. The summed E-state index contributed by atoms with van der Waals surface area (Å²) in [4.78, 5) is 4.88. The maximum absolute atomic E-state index is 4.14. The minimum Gasteiger partial charge on any atom is -0.207 e. The zero-order valence-electron chi connectivity index (χ0n) is 5.55. The predicted octanol–water partition coefficient (Wildman–Crippen LogP) is 0.598. The van der Waals surface area contributed by atoms with Gasteiger partial charge in [-0.25, -0.2) is 4.98 Å². The van der Waals surface area contributed by atoms with Crippen molar-refractivity contribution in [2.24, 2.45) is 0 Å². The molecule has 7 heteroatoms. The Morgan fingerprint density at radius 1 is 1.27 bits per heavy atom. The van der Waals surface area contributed by atoms with Crippen LogP contribution in [0.1, 0.15) is 0 Å². The fourth-order valence-electron chi connectivity index (χ4n) is 0.626. The summed E-state index contributed by atoms with van der Waals surface area (Å²) in [6, 6.07) is 0. The number of hydrogen-bond acceptors (Lipinski definition) is 7. The molecule has 0 amide bonds. The quantitative estimate of drug-likeness (QED) is 0.606. The third kappa shape index (κ3) is 1.16. The van der Waals surface area contributed by atoms with Crippen molar-refractivity contribution in [2.75, 3.05) is 6.26 Å². The first kappa shape index (κ1) is 6.86. The summed E-state index contributed by atoms with van der Waals surface area (Å²) < 4.78 is 0.940. The van der Waals surface area contributed by atoms with E-state index in [9.17, 15) is 0 Å². The highest BCUT2D eigenvalue weighted by atomic mass is 32.2. The lowest BCUT2D eigenvalue weighted by Gasteiger charge is -1.77. The Bertz CT molecular complexity index is 338. The van der Waals surface area contributed by atoms with Crippen molar-refractivity contribution >= 4 is 33.6 Å². The van der Waals surface area contributed by atoms with E-state index in [-0.39, 0.29) is 0 Å². The van der Waals surface area contributed by atoms with Crippen molar-refractivity contribution in [1.82, 2.24) is 25.6 Å². The summed E-state index contributed by atoms with van der Waals surface area (Å²) in [5, 5.41) is 14.3. The van der Waals surface area contributed by atoms with Gasteiger partial charge in [-0.15, -0.1) is 10.2 Å². The monoisotopic (exact) mass is 185 g/mol. The van der Waals surface area contributed by atoms with Crippen molar-refractivity contribution in [2.45, 2.75) is 4.34 Å². The van der Waals surface area contributed by atoms with Gasteiger partial charge in [-0.1, -0.05) is 23.1 Å². The van der Waals surface area contributed by atoms with Crippen LogP contribution in [0.4, 0.5) is 0 Å². The number of nitrogens with zero attached hydrogens (tertiary/aromatic N) is 5. The molecule has 2 rings (SSSR count). The molecular weight excluding hydrogens is 182 g/mol. The molecule has 0 aliphatic rings. The number of fused-ring (bicyclic) bond motifs is 1. The molecule has 2 heterocycles. The summed E-state index contributed by atoms with van der Waals surface area (Å²) in [5.74, 6) is 0. The number of aromatic nitrogens is 5. The SMILES string of the molecule is CSc1nc2nnnnc2s1. The Kier molecular flexibility index (Phi) is 1.66. The van der Waals surface area contributed by atoms with E-state index in [0.717, 1.165) is 9.17 Å². The topological polar surface area (TPSA) is 64.5 Å². The van der Waals surface area contributed by atoms with E-state index in [1.807, 2.05) is 6.26 Å². The third-order valence-electron chi connectivity index (χ3n) is 1.06. The second-order valence-electron chi connectivity index (χ2n) is 1.69. The van der Waals surface area contributed by atoms with Gasteiger partial charge in [0.15, 0.2) is 9.17 Å². The first-order valence-electron chi connectivity index (χ1n) is 2.77. The van der Waals surface area contributed by atoms with Gasteiger partial charge < -0.3 is 0 Å². The summed E-state index contributed by atoms with van der Waals surface area (Å²) in [5.41, 5.74) is 0.578. The molecule has 5 nitrogen and oxygen atoms in total. The molecule has 0 unspecified atom stereocenters. The van der Waals surface area contributed by atoms with Gasteiger partial charge >= 0.3 is 0 Å². The van der Waals surface area contributed by atoms with Gasteiger partial charge in [-0.3, -0.25) is 0 Å². The highest BCUT2D eigenvalue weighted by molar-refractivity contribution is 8.00. The van der Waals surface area contributed by atoms with Crippen LogP contribution in [-0.2, 0) is 0 Å². The van der Waals surface area contributed by atoms with E-state index < -0.39 is 0 Å². The van der Waals surface area contributed by atoms with Crippen LogP contribution in [-0.4, -0.2) is 31.9 Å². The van der Waals surface area contributed by atoms with Gasteiger partial charge in [0.2, 0.25) is 5.65 Å². The smallest absolute Gasteiger partial charge is 0.207 e. The second kappa shape index (κ2) is 2.67. The molecule has 11 heavy (non-hydrogen) atoms. The maximum atomic E-state index is 4.14. The number of hydrogen-bond donors (Lipinski definition) is 0. The average molecular weight is 185 g/mol. The van der Waals surface area contributed by atoms with E-state index >= 15 is 0 Å². The maximum Gasteiger partial charge on any atom is 0.216 e. The normalized spacial score (nSPS) is 10.6. The Hall–Kier alpha value is -0.820. The molecule has 2 aromatic rings. The van der Waals surface area contributed by atoms with Crippen LogP contribution in [0, 0.1) is 0 Å². The molecule has 0 aliphatic heterocycles. The largest absolute Gasteiger partial charge is 0.216 e. The summed E-state index contributed by atoms with van der Waals surface area (Å²) in [7, 11) is 0. The fraction of sp³-hybridized carbons (Fsp3) is 0.250. The first-order valence-corrected chi connectivity index (χ1v) is 4.81. The van der Waals surface area contributed by atoms with Gasteiger partial charge in [0.25, 0.3) is 0 Å². The lowest BCUT2D eigenvalue weighted by Crippen LogP contribution is -1.89. The number of thioether (sulfide) groups is 1. The van der Waals surface area contributed by atoms with Crippen molar-refractivity contribution in [1.29, 1.82) is 0 Å². The van der Waals surface area contributed by atoms with Crippen LogP contribution >= 0.6 is 23.1 Å². The van der Waals surface area contributed by atoms with Gasteiger partial charge in [-0.05, 0) is 16.7 Å². The van der Waals surface area contributed by atoms with Crippen molar-refractivity contribution in [3.05, 3.63) is 0 Å². The zero-order valence-corrected chi connectivity index (χ0v) is 7.19. The van der Waals surface area contributed by atoms with Gasteiger partial charge in [0.05, 0.1) is 0 Å². The Morgan fingerprint density at radius 2 is 2.09 bits per heavy atom. The van der Waals surface area contributed by atoms with Crippen LogP contribution in [0.3, 0.4) is 0 Å². The molecule has 0 saturated carbocycles. The Balaban J connectivity index is 2.69. The molecule has 0 atom stereocenters. The standard InChI is InChI=1S/C4H3N5S2/c1-10-4-5-2-3(11-4)7-9-8-6-2/h1H3. The molecule has 56 valence electrons. The van der Waals surface area contributed by atoms with Gasteiger partial charge in [0, 0.05) is 0 Å². The van der Waals surface area contributed by atoms with Gasteiger partial charge in [-0.2, -0.15) is 0 Å². The van der Waals surface area contributed by atoms with Crippen LogP contribution in [0.2, 0.25) is 0 Å². The molecule has 0 spiro atoms. The summed E-state index contributed by atoms with van der Waals surface area (Å²) in [6.45, 7) is 0. The predicted molar refractivity (Wildman–Crippen MR) is 42.6 cm³/mol. The van der Waals surface area contributed by atoms with E-state index in [4.69, 9.17) is 0 Å². The molecule has 0 fully saturated rings. The van der Waals surface area contributed by atoms with Crippen molar-refractivity contribution < 1.29 is 0 Å². The molecule has 0 aliphatic carbocycles.